The van der Waals surface area contributed by atoms with Crippen LogP contribution in [0.15, 0.2) is 35.0 Å². The van der Waals surface area contributed by atoms with Gasteiger partial charge in [-0.1, -0.05) is 12.1 Å². The van der Waals surface area contributed by atoms with Crippen molar-refractivity contribution in [3.8, 4) is 5.75 Å². The molecule has 0 radical (unpaired) electrons. The van der Waals surface area contributed by atoms with Gasteiger partial charge in [-0.2, -0.15) is 11.3 Å². The summed E-state index contributed by atoms with van der Waals surface area (Å²) in [7, 11) is 0. The molecule has 3 N–H and O–H groups in total. The number of fused-ring (bicyclic) bond motifs is 1. The zero-order valence-corrected chi connectivity index (χ0v) is 11.4. The van der Waals surface area contributed by atoms with Crippen LogP contribution in [0.25, 0.3) is 0 Å². The van der Waals surface area contributed by atoms with Gasteiger partial charge in [0, 0.05) is 12.6 Å². The molecule has 2 aromatic rings. The maximum Gasteiger partial charge on any atom is 0.119 e. The average Bonchev–Trinajstić information content (AvgIpc) is 3.06. The Hall–Kier alpha value is -1.36. The van der Waals surface area contributed by atoms with Crippen molar-refractivity contribution < 1.29 is 10.2 Å². The number of rotatable bonds is 4. The zero-order chi connectivity index (χ0) is 13.2. The molecule has 1 aliphatic carbocycles. The molecule has 1 aromatic carbocycles. The summed E-state index contributed by atoms with van der Waals surface area (Å²) in [6, 6.07) is 7.85. The van der Waals surface area contributed by atoms with Crippen molar-refractivity contribution in [2.45, 2.75) is 25.0 Å². The van der Waals surface area contributed by atoms with Crippen molar-refractivity contribution in [1.82, 2.24) is 5.32 Å². The molecule has 3 rings (SSSR count). The molecule has 1 aromatic heterocycles. The number of phenolic OH excluding ortho intramolecular Hbond substituents is 1. The molecular weight excluding hydrogens is 258 g/mol. The van der Waals surface area contributed by atoms with Gasteiger partial charge in [0.2, 0.25) is 0 Å². The minimum atomic E-state index is -0.465. The molecule has 2 atom stereocenters. The summed E-state index contributed by atoms with van der Waals surface area (Å²) >= 11 is 1.60. The number of thiophene rings is 1. The molecule has 3 nitrogen and oxygen atoms in total. The van der Waals surface area contributed by atoms with Gasteiger partial charge in [-0.3, -0.25) is 0 Å². The van der Waals surface area contributed by atoms with E-state index >= 15 is 0 Å². The summed E-state index contributed by atoms with van der Waals surface area (Å²) in [5.41, 5.74) is 3.18. The summed E-state index contributed by atoms with van der Waals surface area (Å²) in [4.78, 5) is 0. The second kappa shape index (κ2) is 5.33. The second-order valence-corrected chi connectivity index (χ2v) is 5.70. The highest BCUT2D eigenvalue weighted by atomic mass is 32.1. The Morgan fingerprint density at radius 1 is 1.37 bits per heavy atom. The van der Waals surface area contributed by atoms with Gasteiger partial charge in [0.05, 0.1) is 6.10 Å². The lowest BCUT2D eigenvalue weighted by molar-refractivity contribution is 0.170. The highest BCUT2D eigenvalue weighted by molar-refractivity contribution is 7.07. The van der Waals surface area contributed by atoms with E-state index in [1.54, 1.807) is 17.4 Å². The van der Waals surface area contributed by atoms with Crippen molar-refractivity contribution in [2.24, 2.45) is 0 Å². The van der Waals surface area contributed by atoms with Crippen molar-refractivity contribution in [3.63, 3.8) is 0 Å². The number of nitrogens with one attached hydrogen (secondary N) is 1. The number of aliphatic hydroxyl groups excluding tert-OH is 1. The molecule has 0 fully saturated rings. The molecule has 0 bridgehead atoms. The Bertz CT molecular complexity index is 553. The van der Waals surface area contributed by atoms with Gasteiger partial charge in [-0.15, -0.1) is 0 Å². The number of aliphatic hydroxyl groups is 1. The Labute approximate surface area is 116 Å². The summed E-state index contributed by atoms with van der Waals surface area (Å²) in [5.74, 6) is 0.389. The molecule has 0 spiro atoms. The lowest BCUT2D eigenvalue weighted by Gasteiger charge is -2.17. The minimum Gasteiger partial charge on any atom is -0.508 e. The first-order chi connectivity index (χ1) is 9.25. The second-order valence-electron chi connectivity index (χ2n) is 4.92. The topological polar surface area (TPSA) is 52.5 Å². The lowest BCUT2D eigenvalue weighted by atomic mass is 10.1. The zero-order valence-electron chi connectivity index (χ0n) is 10.5. The van der Waals surface area contributed by atoms with E-state index in [1.165, 1.54) is 0 Å². The van der Waals surface area contributed by atoms with E-state index in [2.05, 4.69) is 11.4 Å². The van der Waals surface area contributed by atoms with Gasteiger partial charge in [0.25, 0.3) is 0 Å². The van der Waals surface area contributed by atoms with Crippen LogP contribution in [0.2, 0.25) is 0 Å². The normalized spacial score (nSPS) is 19.3. The minimum absolute atomic E-state index is 0.232. The summed E-state index contributed by atoms with van der Waals surface area (Å²) in [5, 5.41) is 27.2. The smallest absolute Gasteiger partial charge is 0.119 e. The number of aromatic hydroxyl groups is 1. The van der Waals surface area contributed by atoms with Crippen molar-refractivity contribution in [2.75, 3.05) is 6.54 Å². The van der Waals surface area contributed by atoms with E-state index in [0.29, 0.717) is 12.3 Å². The fourth-order valence-corrected chi connectivity index (χ4v) is 3.39. The van der Waals surface area contributed by atoms with Gasteiger partial charge in [0.1, 0.15) is 5.75 Å². The van der Waals surface area contributed by atoms with E-state index in [0.717, 1.165) is 29.5 Å². The van der Waals surface area contributed by atoms with Crippen LogP contribution in [-0.2, 0) is 6.42 Å². The summed E-state index contributed by atoms with van der Waals surface area (Å²) in [6.07, 6.45) is 1.41. The largest absolute Gasteiger partial charge is 0.508 e. The molecule has 0 amide bonds. The van der Waals surface area contributed by atoms with Gasteiger partial charge in [-0.05, 0) is 52.4 Å². The Kier molecular flexibility index (Phi) is 3.55. The number of benzene rings is 1. The first-order valence-corrected chi connectivity index (χ1v) is 7.44. The van der Waals surface area contributed by atoms with Crippen molar-refractivity contribution in [1.29, 1.82) is 0 Å². The maximum absolute atomic E-state index is 10.1. The molecular formula is C15H17NO2S. The van der Waals surface area contributed by atoms with Crippen LogP contribution in [-0.4, -0.2) is 16.8 Å². The molecule has 19 heavy (non-hydrogen) atoms. The average molecular weight is 275 g/mol. The SMILES string of the molecule is Oc1cccc2c1CCC2NCC(O)c1ccsc1. The van der Waals surface area contributed by atoms with E-state index in [-0.39, 0.29) is 6.04 Å². The van der Waals surface area contributed by atoms with Gasteiger partial charge < -0.3 is 15.5 Å². The monoisotopic (exact) mass is 275 g/mol. The van der Waals surface area contributed by atoms with Crippen LogP contribution in [0, 0.1) is 0 Å². The Balaban J connectivity index is 1.66. The Morgan fingerprint density at radius 3 is 3.05 bits per heavy atom. The van der Waals surface area contributed by atoms with Crippen LogP contribution < -0.4 is 5.32 Å². The molecule has 1 aliphatic rings. The molecule has 2 unspecified atom stereocenters. The van der Waals surface area contributed by atoms with Gasteiger partial charge >= 0.3 is 0 Å². The third kappa shape index (κ3) is 2.52. The third-order valence-electron chi connectivity index (χ3n) is 3.73. The number of hydrogen-bond acceptors (Lipinski definition) is 4. The number of hydrogen-bond donors (Lipinski definition) is 3. The predicted octanol–water partition coefficient (Wildman–Crippen LogP) is 2.76. The van der Waals surface area contributed by atoms with Crippen molar-refractivity contribution in [3.05, 3.63) is 51.7 Å². The van der Waals surface area contributed by atoms with Crippen LogP contribution in [0.3, 0.4) is 0 Å². The van der Waals surface area contributed by atoms with Crippen LogP contribution >= 0.6 is 11.3 Å². The fraction of sp³-hybridized carbons (Fsp3) is 0.333. The molecule has 0 aliphatic heterocycles. The summed E-state index contributed by atoms with van der Waals surface area (Å²) in [6.45, 7) is 0.538. The molecule has 0 saturated carbocycles. The predicted molar refractivity (Wildman–Crippen MR) is 76.5 cm³/mol. The number of phenols is 1. The van der Waals surface area contributed by atoms with Crippen LogP contribution in [0.4, 0.5) is 0 Å². The molecule has 1 heterocycles. The summed E-state index contributed by atoms with van der Waals surface area (Å²) < 4.78 is 0. The van der Waals surface area contributed by atoms with Gasteiger partial charge in [-0.25, -0.2) is 0 Å². The van der Waals surface area contributed by atoms with E-state index in [9.17, 15) is 10.2 Å². The first kappa shape index (κ1) is 12.7. The lowest BCUT2D eigenvalue weighted by Crippen LogP contribution is -2.24. The molecule has 100 valence electrons. The van der Waals surface area contributed by atoms with Crippen molar-refractivity contribution >= 4 is 11.3 Å². The Morgan fingerprint density at radius 2 is 2.26 bits per heavy atom. The van der Waals surface area contributed by atoms with Crippen LogP contribution in [0.1, 0.15) is 35.3 Å². The maximum atomic E-state index is 10.1. The highest BCUT2D eigenvalue weighted by Gasteiger charge is 2.24. The highest BCUT2D eigenvalue weighted by Crippen LogP contribution is 2.36. The standard InChI is InChI=1S/C15H17NO2S/c17-14-3-1-2-11-12(14)4-5-13(11)16-8-15(18)10-6-7-19-9-10/h1-3,6-7,9,13,15-18H,4-5,8H2. The van der Waals surface area contributed by atoms with E-state index in [4.69, 9.17) is 0 Å². The van der Waals surface area contributed by atoms with Gasteiger partial charge in [0.15, 0.2) is 0 Å². The van der Waals surface area contributed by atoms with E-state index in [1.807, 2.05) is 22.9 Å². The molecule has 0 saturated heterocycles. The fourth-order valence-electron chi connectivity index (χ4n) is 2.68. The van der Waals surface area contributed by atoms with Crippen LogP contribution in [0.5, 0.6) is 5.75 Å². The molecule has 4 heteroatoms. The third-order valence-corrected chi connectivity index (χ3v) is 4.43. The van der Waals surface area contributed by atoms with E-state index < -0.39 is 6.10 Å². The quantitative estimate of drug-likeness (QED) is 0.804. The first-order valence-electron chi connectivity index (χ1n) is 6.50.